The number of carbonyl (C=O) groups is 1. The van der Waals surface area contributed by atoms with Crippen LogP contribution < -0.4 is 16.0 Å². The Bertz CT molecular complexity index is 473. The first-order chi connectivity index (χ1) is 9.71. The molecule has 2 aliphatic rings. The summed E-state index contributed by atoms with van der Waals surface area (Å²) >= 11 is 0. The molecule has 1 aromatic heterocycles. The van der Waals surface area contributed by atoms with Crippen LogP contribution >= 0.6 is 0 Å². The van der Waals surface area contributed by atoms with Crippen LogP contribution in [-0.2, 0) is 0 Å². The summed E-state index contributed by atoms with van der Waals surface area (Å²) in [6, 6.07) is 3.54. The predicted molar refractivity (Wildman–Crippen MR) is 76.6 cm³/mol. The molecule has 3 rings (SSSR count). The summed E-state index contributed by atoms with van der Waals surface area (Å²) in [7, 11) is 0. The van der Waals surface area contributed by atoms with E-state index >= 15 is 0 Å². The Balaban J connectivity index is 1.87. The topological polar surface area (TPSA) is 84.1 Å². The molecule has 0 unspecified atom stereocenters. The Labute approximate surface area is 118 Å². The van der Waals surface area contributed by atoms with Crippen molar-refractivity contribution >= 4 is 11.7 Å². The van der Waals surface area contributed by atoms with Crippen LogP contribution in [0.4, 0.5) is 5.82 Å². The maximum atomic E-state index is 11.1. The Kier molecular flexibility index (Phi) is 3.56. The number of rotatable bonds is 2. The molecule has 1 aliphatic heterocycles. The number of carbonyl (C=O) groups excluding carboxylic acids is 1. The first kappa shape index (κ1) is 13.3. The van der Waals surface area contributed by atoms with Crippen LogP contribution in [0.3, 0.4) is 0 Å². The maximum absolute atomic E-state index is 11.1. The standard InChI is InChI=1S/C14H21N5O/c15-13(20)11-4-5-12(18-17-11)19-9-8-16-10-14(19)6-2-1-3-7-14/h4-5,16H,1-3,6-10H2,(H2,15,20). The summed E-state index contributed by atoms with van der Waals surface area (Å²) in [6.07, 6.45) is 6.25. The van der Waals surface area contributed by atoms with Gasteiger partial charge in [0.2, 0.25) is 0 Å². The number of anilines is 1. The van der Waals surface area contributed by atoms with Gasteiger partial charge in [-0.2, -0.15) is 0 Å². The van der Waals surface area contributed by atoms with Gasteiger partial charge in [-0.15, -0.1) is 10.2 Å². The zero-order valence-corrected chi connectivity index (χ0v) is 11.6. The van der Waals surface area contributed by atoms with Gasteiger partial charge in [-0.05, 0) is 25.0 Å². The predicted octanol–water partition coefficient (Wildman–Crippen LogP) is 0.688. The molecule has 1 saturated carbocycles. The third-order valence-electron chi connectivity index (χ3n) is 4.50. The number of piperazine rings is 1. The van der Waals surface area contributed by atoms with E-state index in [4.69, 9.17) is 5.73 Å². The van der Waals surface area contributed by atoms with Crippen molar-refractivity contribution in [1.29, 1.82) is 0 Å². The highest BCUT2D eigenvalue weighted by Crippen LogP contribution is 2.36. The molecule has 1 aliphatic carbocycles. The van der Waals surface area contributed by atoms with E-state index in [1.54, 1.807) is 6.07 Å². The van der Waals surface area contributed by atoms with Crippen molar-refractivity contribution < 1.29 is 4.79 Å². The van der Waals surface area contributed by atoms with E-state index in [1.165, 1.54) is 32.1 Å². The first-order valence-electron chi connectivity index (χ1n) is 7.33. The minimum Gasteiger partial charge on any atom is -0.364 e. The van der Waals surface area contributed by atoms with E-state index in [-0.39, 0.29) is 11.2 Å². The number of amides is 1. The Morgan fingerprint density at radius 3 is 2.70 bits per heavy atom. The average Bonchev–Trinajstić information content (AvgIpc) is 2.49. The number of nitrogens with zero attached hydrogens (tertiary/aromatic N) is 3. The number of nitrogens with one attached hydrogen (secondary N) is 1. The van der Waals surface area contributed by atoms with Gasteiger partial charge in [0.05, 0.1) is 5.54 Å². The normalized spacial score (nSPS) is 21.9. The van der Waals surface area contributed by atoms with Crippen LogP contribution in [0.15, 0.2) is 12.1 Å². The van der Waals surface area contributed by atoms with Gasteiger partial charge in [0.15, 0.2) is 11.5 Å². The fourth-order valence-corrected chi connectivity index (χ4v) is 3.46. The highest BCUT2D eigenvalue weighted by molar-refractivity contribution is 5.90. The highest BCUT2D eigenvalue weighted by atomic mass is 16.1. The van der Waals surface area contributed by atoms with Crippen molar-refractivity contribution in [2.24, 2.45) is 5.73 Å². The number of primary amides is 1. The molecule has 0 atom stereocenters. The molecule has 20 heavy (non-hydrogen) atoms. The molecule has 1 aromatic rings. The number of hydrogen-bond donors (Lipinski definition) is 2. The number of nitrogens with two attached hydrogens (primary N) is 1. The lowest BCUT2D eigenvalue weighted by atomic mass is 9.79. The fourth-order valence-electron chi connectivity index (χ4n) is 3.46. The highest BCUT2D eigenvalue weighted by Gasteiger charge is 2.40. The molecule has 2 heterocycles. The van der Waals surface area contributed by atoms with E-state index in [9.17, 15) is 4.79 Å². The van der Waals surface area contributed by atoms with Crippen LogP contribution in [0.2, 0.25) is 0 Å². The van der Waals surface area contributed by atoms with Crippen LogP contribution in [-0.4, -0.2) is 41.3 Å². The van der Waals surface area contributed by atoms with Gasteiger partial charge in [0, 0.05) is 19.6 Å². The molecule has 0 bridgehead atoms. The second-order valence-corrected chi connectivity index (χ2v) is 5.75. The molecule has 6 nitrogen and oxygen atoms in total. The van der Waals surface area contributed by atoms with Gasteiger partial charge >= 0.3 is 0 Å². The van der Waals surface area contributed by atoms with Gasteiger partial charge in [0.25, 0.3) is 5.91 Å². The molecule has 0 aromatic carbocycles. The molecule has 2 fully saturated rings. The smallest absolute Gasteiger partial charge is 0.269 e. The van der Waals surface area contributed by atoms with E-state index < -0.39 is 5.91 Å². The van der Waals surface area contributed by atoms with E-state index in [0.717, 1.165) is 25.5 Å². The van der Waals surface area contributed by atoms with Crippen LogP contribution in [0.1, 0.15) is 42.6 Å². The molecular weight excluding hydrogens is 254 g/mol. The minimum atomic E-state index is -0.531. The number of hydrogen-bond acceptors (Lipinski definition) is 5. The van der Waals surface area contributed by atoms with Crippen molar-refractivity contribution in [3.63, 3.8) is 0 Å². The van der Waals surface area contributed by atoms with Gasteiger partial charge in [-0.3, -0.25) is 4.79 Å². The third kappa shape index (κ3) is 2.35. The Morgan fingerprint density at radius 1 is 1.25 bits per heavy atom. The van der Waals surface area contributed by atoms with Gasteiger partial charge < -0.3 is 16.0 Å². The second kappa shape index (κ2) is 5.36. The lowest BCUT2D eigenvalue weighted by molar-refractivity contribution is 0.0994. The quantitative estimate of drug-likeness (QED) is 0.829. The number of aromatic nitrogens is 2. The van der Waals surface area contributed by atoms with Gasteiger partial charge in [0.1, 0.15) is 0 Å². The van der Waals surface area contributed by atoms with Crippen molar-refractivity contribution in [3.8, 4) is 0 Å². The maximum Gasteiger partial charge on any atom is 0.269 e. The van der Waals surface area contributed by atoms with Crippen LogP contribution in [0.25, 0.3) is 0 Å². The lowest BCUT2D eigenvalue weighted by Crippen LogP contribution is -2.62. The monoisotopic (exact) mass is 275 g/mol. The van der Waals surface area contributed by atoms with Crippen molar-refractivity contribution in [1.82, 2.24) is 15.5 Å². The fraction of sp³-hybridized carbons (Fsp3) is 0.643. The summed E-state index contributed by atoms with van der Waals surface area (Å²) in [4.78, 5) is 13.5. The lowest BCUT2D eigenvalue weighted by Gasteiger charge is -2.50. The van der Waals surface area contributed by atoms with Crippen molar-refractivity contribution in [2.75, 3.05) is 24.5 Å². The van der Waals surface area contributed by atoms with Crippen LogP contribution in [0, 0.1) is 0 Å². The summed E-state index contributed by atoms with van der Waals surface area (Å²) in [5.41, 5.74) is 5.60. The molecule has 1 spiro atoms. The Hall–Kier alpha value is -1.69. The Morgan fingerprint density at radius 2 is 2.05 bits per heavy atom. The largest absolute Gasteiger partial charge is 0.364 e. The molecule has 6 heteroatoms. The minimum absolute atomic E-state index is 0.166. The van der Waals surface area contributed by atoms with E-state index in [0.29, 0.717) is 0 Å². The molecule has 1 amide bonds. The van der Waals surface area contributed by atoms with Gasteiger partial charge in [-0.1, -0.05) is 19.3 Å². The van der Waals surface area contributed by atoms with E-state index in [1.807, 2.05) is 6.07 Å². The molecule has 108 valence electrons. The first-order valence-corrected chi connectivity index (χ1v) is 7.33. The zero-order valence-electron chi connectivity index (χ0n) is 11.6. The summed E-state index contributed by atoms with van der Waals surface area (Å²) < 4.78 is 0. The molecule has 1 saturated heterocycles. The van der Waals surface area contributed by atoms with Crippen molar-refractivity contribution in [3.05, 3.63) is 17.8 Å². The summed E-state index contributed by atoms with van der Waals surface area (Å²) in [5, 5.41) is 11.7. The molecule has 3 N–H and O–H groups in total. The van der Waals surface area contributed by atoms with Gasteiger partial charge in [-0.25, -0.2) is 0 Å². The molecule has 0 radical (unpaired) electrons. The summed E-state index contributed by atoms with van der Waals surface area (Å²) in [6.45, 7) is 2.90. The SMILES string of the molecule is NC(=O)c1ccc(N2CCNCC23CCCCC3)nn1. The zero-order chi connectivity index (χ0) is 14.0. The summed E-state index contributed by atoms with van der Waals surface area (Å²) in [5.74, 6) is 0.329. The molecular formula is C14H21N5O. The average molecular weight is 275 g/mol. The third-order valence-corrected chi connectivity index (χ3v) is 4.50. The van der Waals surface area contributed by atoms with Crippen molar-refractivity contribution in [2.45, 2.75) is 37.6 Å². The van der Waals surface area contributed by atoms with Crippen LogP contribution in [0.5, 0.6) is 0 Å². The van der Waals surface area contributed by atoms with E-state index in [2.05, 4.69) is 20.4 Å². The second-order valence-electron chi connectivity index (χ2n) is 5.75.